The Hall–Kier alpha value is -0.410. The summed E-state index contributed by atoms with van der Waals surface area (Å²) in [5.41, 5.74) is 7.28. The summed E-state index contributed by atoms with van der Waals surface area (Å²) in [7, 11) is 0. The maximum atomic E-state index is 6.11. The molecule has 0 spiro atoms. The molecule has 0 aliphatic heterocycles. The summed E-state index contributed by atoms with van der Waals surface area (Å²) < 4.78 is 0. The van der Waals surface area contributed by atoms with E-state index in [0.717, 1.165) is 18.5 Å². The molecule has 0 radical (unpaired) electrons. The van der Waals surface area contributed by atoms with Gasteiger partial charge in [0.1, 0.15) is 0 Å². The number of hydrogen-bond acceptors (Lipinski definition) is 3. The van der Waals surface area contributed by atoms with Crippen molar-refractivity contribution in [2.75, 3.05) is 0 Å². The molecule has 1 aromatic rings. The highest BCUT2D eigenvalue weighted by Gasteiger charge is 2.08. The fourth-order valence-corrected chi connectivity index (χ4v) is 2.81. The number of unbranched alkanes of at least 4 members (excludes halogenated alkanes) is 3. The number of rotatable bonds is 7. The lowest BCUT2D eigenvalue weighted by molar-refractivity contribution is 0.545. The van der Waals surface area contributed by atoms with Crippen LogP contribution in [0.1, 0.15) is 54.6 Å². The predicted octanol–water partition coefficient (Wildman–Crippen LogP) is 3.60. The molecule has 1 unspecified atom stereocenters. The Morgan fingerprint density at radius 2 is 2.00 bits per heavy atom. The van der Waals surface area contributed by atoms with Crippen molar-refractivity contribution in [3.63, 3.8) is 0 Å². The lowest BCUT2D eigenvalue weighted by Gasteiger charge is -2.08. The third-order valence-electron chi connectivity index (χ3n) is 2.94. The topological polar surface area (TPSA) is 38.9 Å². The van der Waals surface area contributed by atoms with Gasteiger partial charge in [0.05, 0.1) is 10.7 Å². The summed E-state index contributed by atoms with van der Waals surface area (Å²) >= 11 is 1.80. The summed E-state index contributed by atoms with van der Waals surface area (Å²) in [6.07, 6.45) is 7.30. The second-order valence-corrected chi connectivity index (χ2v) is 5.85. The second-order valence-electron chi connectivity index (χ2n) is 4.56. The maximum absolute atomic E-state index is 6.11. The van der Waals surface area contributed by atoms with Crippen LogP contribution in [0.5, 0.6) is 0 Å². The van der Waals surface area contributed by atoms with Gasteiger partial charge in [-0.2, -0.15) is 0 Å². The van der Waals surface area contributed by atoms with Crippen molar-refractivity contribution < 1.29 is 0 Å². The van der Waals surface area contributed by atoms with Gasteiger partial charge >= 0.3 is 0 Å². The Morgan fingerprint density at radius 3 is 2.56 bits per heavy atom. The van der Waals surface area contributed by atoms with Gasteiger partial charge < -0.3 is 5.73 Å². The van der Waals surface area contributed by atoms with E-state index in [0.29, 0.717) is 6.04 Å². The van der Waals surface area contributed by atoms with E-state index in [1.165, 1.54) is 35.6 Å². The molecule has 0 saturated carbocycles. The number of aryl methyl sites for hydroxylation is 2. The monoisotopic (exact) mass is 240 g/mol. The summed E-state index contributed by atoms with van der Waals surface area (Å²) in [6, 6.07) is 0.293. The third kappa shape index (κ3) is 4.62. The van der Waals surface area contributed by atoms with Crippen LogP contribution in [0.4, 0.5) is 0 Å². The van der Waals surface area contributed by atoms with Crippen LogP contribution >= 0.6 is 11.3 Å². The van der Waals surface area contributed by atoms with Crippen LogP contribution in [0.15, 0.2) is 0 Å². The molecule has 1 rings (SSSR count). The molecule has 16 heavy (non-hydrogen) atoms. The number of hydrogen-bond donors (Lipinski definition) is 1. The average Bonchev–Trinajstić information content (AvgIpc) is 2.53. The van der Waals surface area contributed by atoms with Crippen LogP contribution in [-0.2, 0) is 6.42 Å². The van der Waals surface area contributed by atoms with Gasteiger partial charge in [-0.25, -0.2) is 4.98 Å². The number of thiazole rings is 1. The zero-order valence-electron chi connectivity index (χ0n) is 10.8. The Kier molecular flexibility index (Phi) is 5.99. The van der Waals surface area contributed by atoms with Crippen molar-refractivity contribution in [2.45, 2.75) is 65.3 Å². The van der Waals surface area contributed by atoms with Gasteiger partial charge in [-0.15, -0.1) is 11.3 Å². The molecular formula is C13H24N2S. The van der Waals surface area contributed by atoms with Crippen molar-refractivity contribution in [1.29, 1.82) is 0 Å². The third-order valence-corrected chi connectivity index (χ3v) is 4.03. The zero-order valence-corrected chi connectivity index (χ0v) is 11.6. The predicted molar refractivity (Wildman–Crippen MR) is 72.0 cm³/mol. The van der Waals surface area contributed by atoms with Crippen molar-refractivity contribution in [1.82, 2.24) is 4.98 Å². The molecule has 1 aromatic heterocycles. The second kappa shape index (κ2) is 7.02. The van der Waals surface area contributed by atoms with E-state index in [9.17, 15) is 0 Å². The minimum Gasteiger partial charge on any atom is -0.327 e. The van der Waals surface area contributed by atoms with Crippen molar-refractivity contribution in [3.8, 4) is 0 Å². The largest absolute Gasteiger partial charge is 0.327 e. The quantitative estimate of drug-likeness (QED) is 0.740. The van der Waals surface area contributed by atoms with Crippen molar-refractivity contribution in [3.05, 3.63) is 15.6 Å². The van der Waals surface area contributed by atoms with Gasteiger partial charge in [0.15, 0.2) is 0 Å². The molecule has 1 heterocycles. The first-order valence-electron chi connectivity index (χ1n) is 6.32. The molecule has 0 aromatic carbocycles. The average molecular weight is 240 g/mol. The standard InChI is InChI=1S/C13H24N2S/c1-4-5-6-7-8-12(14)9-13-15-10(2)11(3)16-13/h12H,4-9,14H2,1-3H3. The van der Waals surface area contributed by atoms with Crippen LogP contribution in [0.25, 0.3) is 0 Å². The van der Waals surface area contributed by atoms with Gasteiger partial charge in [0.2, 0.25) is 0 Å². The number of nitrogens with two attached hydrogens (primary N) is 1. The lowest BCUT2D eigenvalue weighted by Crippen LogP contribution is -2.22. The first kappa shape index (κ1) is 13.7. The molecule has 0 bridgehead atoms. The minimum absolute atomic E-state index is 0.293. The van der Waals surface area contributed by atoms with E-state index < -0.39 is 0 Å². The van der Waals surface area contributed by atoms with Gasteiger partial charge in [-0.3, -0.25) is 0 Å². The molecular weight excluding hydrogens is 216 g/mol. The Balaban J connectivity index is 2.25. The molecule has 0 aliphatic rings. The highest BCUT2D eigenvalue weighted by atomic mass is 32.1. The normalized spacial score (nSPS) is 13.0. The van der Waals surface area contributed by atoms with Gasteiger partial charge in [-0.05, 0) is 20.3 Å². The fourth-order valence-electron chi connectivity index (χ4n) is 1.79. The lowest BCUT2D eigenvalue weighted by atomic mass is 10.1. The molecule has 2 N–H and O–H groups in total. The number of nitrogens with zero attached hydrogens (tertiary/aromatic N) is 1. The maximum Gasteiger partial charge on any atom is 0.0946 e. The van der Waals surface area contributed by atoms with Crippen LogP contribution < -0.4 is 5.73 Å². The molecule has 3 heteroatoms. The summed E-state index contributed by atoms with van der Waals surface area (Å²) in [5.74, 6) is 0. The summed E-state index contributed by atoms with van der Waals surface area (Å²) in [4.78, 5) is 5.86. The molecule has 92 valence electrons. The summed E-state index contributed by atoms with van der Waals surface area (Å²) in [5, 5.41) is 1.21. The Bertz CT molecular complexity index is 287. The van der Waals surface area contributed by atoms with Gasteiger partial charge in [0.25, 0.3) is 0 Å². The highest BCUT2D eigenvalue weighted by molar-refractivity contribution is 7.11. The molecule has 0 aliphatic carbocycles. The summed E-state index contributed by atoms with van der Waals surface area (Å²) in [6.45, 7) is 6.44. The highest BCUT2D eigenvalue weighted by Crippen LogP contribution is 2.18. The molecule has 0 fully saturated rings. The first-order chi connectivity index (χ1) is 7.63. The van der Waals surface area contributed by atoms with Crippen molar-refractivity contribution >= 4 is 11.3 Å². The Labute approximate surface area is 103 Å². The van der Waals surface area contributed by atoms with Crippen LogP contribution in [0, 0.1) is 13.8 Å². The minimum atomic E-state index is 0.293. The molecule has 2 nitrogen and oxygen atoms in total. The molecule has 1 atom stereocenters. The molecule has 0 saturated heterocycles. The smallest absolute Gasteiger partial charge is 0.0946 e. The molecule has 0 amide bonds. The van der Waals surface area contributed by atoms with E-state index in [2.05, 4.69) is 25.8 Å². The van der Waals surface area contributed by atoms with E-state index in [1.807, 2.05) is 0 Å². The van der Waals surface area contributed by atoms with Crippen LogP contribution in [0.2, 0.25) is 0 Å². The van der Waals surface area contributed by atoms with Crippen LogP contribution in [-0.4, -0.2) is 11.0 Å². The Morgan fingerprint density at radius 1 is 1.25 bits per heavy atom. The SMILES string of the molecule is CCCCCCC(N)Cc1nc(C)c(C)s1. The van der Waals surface area contributed by atoms with Gasteiger partial charge in [-0.1, -0.05) is 32.6 Å². The fraction of sp³-hybridized carbons (Fsp3) is 0.769. The zero-order chi connectivity index (χ0) is 12.0. The van der Waals surface area contributed by atoms with E-state index >= 15 is 0 Å². The van der Waals surface area contributed by atoms with E-state index in [4.69, 9.17) is 5.73 Å². The van der Waals surface area contributed by atoms with E-state index in [-0.39, 0.29) is 0 Å². The van der Waals surface area contributed by atoms with E-state index in [1.54, 1.807) is 11.3 Å². The van der Waals surface area contributed by atoms with Crippen molar-refractivity contribution in [2.24, 2.45) is 5.73 Å². The first-order valence-corrected chi connectivity index (χ1v) is 7.13. The van der Waals surface area contributed by atoms with Gasteiger partial charge in [0, 0.05) is 17.3 Å². The number of aromatic nitrogens is 1. The van der Waals surface area contributed by atoms with Crippen LogP contribution in [0.3, 0.4) is 0 Å².